The van der Waals surface area contributed by atoms with Gasteiger partial charge in [0, 0.05) is 31.6 Å². The van der Waals surface area contributed by atoms with Crippen LogP contribution < -0.4 is 5.32 Å². The number of anilines is 1. The number of benzene rings is 2. The molecule has 1 N–H and O–H groups in total. The maximum absolute atomic E-state index is 12.7. The van der Waals surface area contributed by atoms with Crippen molar-refractivity contribution in [3.8, 4) is 0 Å². The molecular weight excluding hydrogens is 412 g/mol. The summed E-state index contributed by atoms with van der Waals surface area (Å²) in [5.41, 5.74) is 3.89. The molecule has 0 unspecified atom stereocenters. The first-order valence-electron chi connectivity index (χ1n) is 10.9. The average Bonchev–Trinajstić information content (AvgIpc) is 3.22. The zero-order valence-corrected chi connectivity index (χ0v) is 18.4. The molecule has 0 saturated carbocycles. The number of aryl methyl sites for hydroxylation is 2. The first-order valence-corrected chi connectivity index (χ1v) is 12.6. The molecular formula is C24H28N2O4S. The van der Waals surface area contributed by atoms with Crippen molar-refractivity contribution in [3.63, 3.8) is 0 Å². The number of hydrogen-bond acceptors (Lipinski definition) is 4. The zero-order valence-electron chi connectivity index (χ0n) is 17.6. The van der Waals surface area contributed by atoms with Crippen LogP contribution in [0.15, 0.2) is 47.4 Å². The molecule has 1 heterocycles. The van der Waals surface area contributed by atoms with E-state index in [0.29, 0.717) is 23.5 Å². The SMILES string of the molecule is O=C(CCS(=O)(=O)c1ccc2c(c1)CCC2)Nc1cccc(CN2CCCCC2=O)c1. The second kappa shape index (κ2) is 9.22. The predicted octanol–water partition coefficient (Wildman–Crippen LogP) is 3.49. The topological polar surface area (TPSA) is 83.6 Å². The third-order valence-electron chi connectivity index (χ3n) is 6.03. The van der Waals surface area contributed by atoms with Crippen molar-refractivity contribution in [2.45, 2.75) is 56.4 Å². The number of fused-ring (bicyclic) bond motifs is 1. The highest BCUT2D eigenvalue weighted by atomic mass is 32.2. The van der Waals surface area contributed by atoms with Crippen LogP contribution in [0.3, 0.4) is 0 Å². The Hall–Kier alpha value is -2.67. The van der Waals surface area contributed by atoms with Gasteiger partial charge in [0.1, 0.15) is 0 Å². The smallest absolute Gasteiger partial charge is 0.225 e. The minimum atomic E-state index is -3.51. The van der Waals surface area contributed by atoms with Gasteiger partial charge in [-0.25, -0.2) is 8.42 Å². The van der Waals surface area contributed by atoms with E-state index in [2.05, 4.69) is 5.32 Å². The number of carbonyl (C=O) groups is 2. The number of nitrogens with one attached hydrogen (secondary N) is 1. The van der Waals surface area contributed by atoms with E-state index >= 15 is 0 Å². The fourth-order valence-electron chi connectivity index (χ4n) is 4.31. The van der Waals surface area contributed by atoms with Crippen molar-refractivity contribution >= 4 is 27.3 Å². The Bertz CT molecular complexity index is 1090. The molecule has 31 heavy (non-hydrogen) atoms. The lowest BCUT2D eigenvalue weighted by atomic mass is 10.1. The highest BCUT2D eigenvalue weighted by Crippen LogP contribution is 2.25. The summed E-state index contributed by atoms with van der Waals surface area (Å²) in [5.74, 6) is -0.395. The molecule has 1 fully saturated rings. The molecule has 2 amide bonds. The van der Waals surface area contributed by atoms with Gasteiger partial charge in [-0.05, 0) is 73.1 Å². The van der Waals surface area contributed by atoms with Crippen LogP contribution in [0.1, 0.15) is 48.8 Å². The number of rotatable bonds is 7. The lowest BCUT2D eigenvalue weighted by Gasteiger charge is -2.26. The lowest BCUT2D eigenvalue weighted by molar-refractivity contribution is -0.133. The Kier molecular flexibility index (Phi) is 6.41. The molecule has 0 bridgehead atoms. The van der Waals surface area contributed by atoms with Crippen LogP contribution in [0.5, 0.6) is 0 Å². The van der Waals surface area contributed by atoms with Crippen molar-refractivity contribution < 1.29 is 18.0 Å². The summed E-state index contributed by atoms with van der Waals surface area (Å²) in [6, 6.07) is 12.7. The van der Waals surface area contributed by atoms with Crippen LogP contribution >= 0.6 is 0 Å². The largest absolute Gasteiger partial charge is 0.338 e. The summed E-state index contributed by atoms with van der Waals surface area (Å²) in [4.78, 5) is 26.6. The summed E-state index contributed by atoms with van der Waals surface area (Å²) < 4.78 is 25.4. The third-order valence-corrected chi connectivity index (χ3v) is 7.75. The Morgan fingerprint density at radius 1 is 0.968 bits per heavy atom. The van der Waals surface area contributed by atoms with Crippen LogP contribution in [0.2, 0.25) is 0 Å². The number of carbonyl (C=O) groups excluding carboxylic acids is 2. The van der Waals surface area contributed by atoms with Crippen molar-refractivity contribution in [2.24, 2.45) is 0 Å². The average molecular weight is 441 g/mol. The van der Waals surface area contributed by atoms with E-state index in [1.807, 2.05) is 29.2 Å². The molecule has 1 aliphatic heterocycles. The van der Waals surface area contributed by atoms with Crippen LogP contribution in [0.25, 0.3) is 0 Å². The highest BCUT2D eigenvalue weighted by Gasteiger charge is 2.20. The standard InChI is InChI=1S/C24H28N2O4S/c27-23(12-14-31(29,30)22-11-10-19-6-4-7-20(19)16-22)25-21-8-3-5-18(15-21)17-26-13-2-1-9-24(26)28/h3,5,8,10-11,15-16H,1-2,4,6-7,9,12-14,17H2,(H,25,27). The zero-order chi connectivity index (χ0) is 21.8. The molecule has 1 saturated heterocycles. The van der Waals surface area contributed by atoms with E-state index in [1.54, 1.807) is 18.2 Å². The lowest BCUT2D eigenvalue weighted by Crippen LogP contribution is -2.34. The molecule has 0 atom stereocenters. The predicted molar refractivity (Wildman–Crippen MR) is 119 cm³/mol. The van der Waals surface area contributed by atoms with E-state index in [9.17, 15) is 18.0 Å². The van der Waals surface area contributed by atoms with Gasteiger partial charge < -0.3 is 10.2 Å². The molecule has 1 aliphatic carbocycles. The van der Waals surface area contributed by atoms with E-state index in [1.165, 1.54) is 5.56 Å². The van der Waals surface area contributed by atoms with Gasteiger partial charge in [-0.1, -0.05) is 18.2 Å². The molecule has 2 aliphatic rings. The van der Waals surface area contributed by atoms with Gasteiger partial charge in [0.05, 0.1) is 10.6 Å². The first-order chi connectivity index (χ1) is 14.9. The fraction of sp³-hybridized carbons (Fsp3) is 0.417. The number of hydrogen-bond donors (Lipinski definition) is 1. The Morgan fingerprint density at radius 3 is 2.65 bits per heavy atom. The first kappa shape index (κ1) is 21.6. The molecule has 2 aromatic carbocycles. The summed E-state index contributed by atoms with van der Waals surface area (Å²) in [6.07, 6.45) is 5.43. The molecule has 2 aromatic rings. The van der Waals surface area contributed by atoms with Crippen molar-refractivity contribution in [1.29, 1.82) is 0 Å². The number of sulfone groups is 1. The Labute approximate surface area is 183 Å². The van der Waals surface area contributed by atoms with E-state index < -0.39 is 9.84 Å². The number of likely N-dealkylation sites (tertiary alicyclic amines) is 1. The van der Waals surface area contributed by atoms with E-state index in [-0.39, 0.29) is 24.0 Å². The second-order valence-corrected chi connectivity index (χ2v) is 10.5. The fourth-order valence-corrected chi connectivity index (χ4v) is 5.59. The molecule has 0 aromatic heterocycles. The molecule has 0 spiro atoms. The van der Waals surface area contributed by atoms with Gasteiger partial charge in [0.25, 0.3) is 0 Å². The Balaban J connectivity index is 1.34. The van der Waals surface area contributed by atoms with Gasteiger partial charge in [-0.3, -0.25) is 9.59 Å². The highest BCUT2D eigenvalue weighted by molar-refractivity contribution is 7.91. The summed E-state index contributed by atoms with van der Waals surface area (Å²) in [5, 5.41) is 2.79. The van der Waals surface area contributed by atoms with Gasteiger partial charge in [0.2, 0.25) is 11.8 Å². The summed E-state index contributed by atoms with van der Waals surface area (Å²) in [7, 11) is -3.51. The monoisotopic (exact) mass is 440 g/mol. The van der Waals surface area contributed by atoms with E-state index in [4.69, 9.17) is 0 Å². The van der Waals surface area contributed by atoms with Crippen LogP contribution in [0.4, 0.5) is 5.69 Å². The number of nitrogens with zero attached hydrogens (tertiary/aromatic N) is 1. The maximum Gasteiger partial charge on any atom is 0.225 e. The quantitative estimate of drug-likeness (QED) is 0.714. The summed E-state index contributed by atoms with van der Waals surface area (Å²) >= 11 is 0. The van der Waals surface area contributed by atoms with Gasteiger partial charge in [-0.2, -0.15) is 0 Å². The third kappa shape index (κ3) is 5.34. The van der Waals surface area contributed by atoms with Crippen LogP contribution in [-0.2, 0) is 38.8 Å². The number of amides is 2. The van der Waals surface area contributed by atoms with Crippen LogP contribution in [0, 0.1) is 0 Å². The van der Waals surface area contributed by atoms with Gasteiger partial charge in [-0.15, -0.1) is 0 Å². The van der Waals surface area contributed by atoms with Crippen molar-refractivity contribution in [1.82, 2.24) is 4.90 Å². The molecule has 164 valence electrons. The second-order valence-electron chi connectivity index (χ2n) is 8.37. The Morgan fingerprint density at radius 2 is 1.81 bits per heavy atom. The molecule has 4 rings (SSSR count). The molecule has 0 radical (unpaired) electrons. The summed E-state index contributed by atoms with van der Waals surface area (Å²) in [6.45, 7) is 1.28. The van der Waals surface area contributed by atoms with Crippen molar-refractivity contribution in [2.75, 3.05) is 17.6 Å². The van der Waals surface area contributed by atoms with E-state index in [0.717, 1.165) is 49.8 Å². The minimum Gasteiger partial charge on any atom is -0.338 e. The van der Waals surface area contributed by atoms with Gasteiger partial charge in [0.15, 0.2) is 9.84 Å². The molecule has 6 nitrogen and oxygen atoms in total. The van der Waals surface area contributed by atoms with Crippen molar-refractivity contribution in [3.05, 3.63) is 59.2 Å². The molecule has 7 heteroatoms. The van der Waals surface area contributed by atoms with Crippen LogP contribution in [-0.4, -0.2) is 37.4 Å². The normalized spacial score (nSPS) is 16.3. The van der Waals surface area contributed by atoms with Gasteiger partial charge >= 0.3 is 0 Å². The maximum atomic E-state index is 12.7. The minimum absolute atomic E-state index is 0.103. The number of piperidine rings is 1.